The van der Waals surface area contributed by atoms with Crippen LogP contribution in [0.15, 0.2) is 71.0 Å². The molecule has 1 fully saturated rings. The Morgan fingerprint density at radius 1 is 0.875 bits per heavy atom. The van der Waals surface area contributed by atoms with Gasteiger partial charge in [-0.15, -0.1) is 0 Å². The van der Waals surface area contributed by atoms with Crippen LogP contribution in [0.2, 0.25) is 0 Å². The average Bonchev–Trinajstić information content (AvgIpc) is 3.02. The zero-order chi connectivity index (χ0) is 16.4. The molecule has 0 spiro atoms. The average molecular weight is 320 g/mol. The highest BCUT2D eigenvalue weighted by Gasteiger charge is 2.53. The van der Waals surface area contributed by atoms with Crippen LogP contribution in [-0.2, 0) is 5.66 Å². The number of hydrogen-bond donors (Lipinski definition) is 0. The van der Waals surface area contributed by atoms with E-state index in [1.54, 1.807) is 0 Å². The summed E-state index contributed by atoms with van der Waals surface area (Å²) in [5, 5.41) is 11.4. The van der Waals surface area contributed by atoms with Crippen LogP contribution in [0.5, 0.6) is 0 Å². The molecule has 2 atom stereocenters. The number of nitrogens with zero attached hydrogens (tertiary/aromatic N) is 4. The van der Waals surface area contributed by atoms with Gasteiger partial charge in [-0.25, -0.2) is 5.01 Å². The maximum absolute atomic E-state index is 4.61. The normalized spacial score (nSPS) is 27.5. The molecule has 0 radical (unpaired) electrons. The van der Waals surface area contributed by atoms with Crippen LogP contribution in [0.1, 0.15) is 31.7 Å². The molecule has 0 aliphatic carbocycles. The van der Waals surface area contributed by atoms with Gasteiger partial charge in [0.15, 0.2) is 5.66 Å². The van der Waals surface area contributed by atoms with E-state index < -0.39 is 0 Å². The van der Waals surface area contributed by atoms with Crippen LogP contribution >= 0.6 is 0 Å². The molecule has 2 aromatic rings. The van der Waals surface area contributed by atoms with Crippen molar-refractivity contribution in [3.8, 4) is 0 Å². The van der Waals surface area contributed by atoms with Gasteiger partial charge in [0.1, 0.15) is 6.04 Å². The van der Waals surface area contributed by atoms with Gasteiger partial charge in [-0.3, -0.25) is 4.90 Å². The quantitative estimate of drug-likeness (QED) is 0.827. The van der Waals surface area contributed by atoms with E-state index in [4.69, 9.17) is 0 Å². The lowest BCUT2D eigenvalue weighted by atomic mass is 9.88. The Hall–Kier alpha value is -2.20. The van der Waals surface area contributed by atoms with Crippen LogP contribution in [0.3, 0.4) is 0 Å². The van der Waals surface area contributed by atoms with E-state index in [-0.39, 0.29) is 11.7 Å². The van der Waals surface area contributed by atoms with E-state index >= 15 is 0 Å². The van der Waals surface area contributed by atoms with Crippen molar-refractivity contribution in [3.05, 3.63) is 66.2 Å². The van der Waals surface area contributed by atoms with Crippen LogP contribution < -0.4 is 5.01 Å². The Morgan fingerprint density at radius 2 is 1.50 bits per heavy atom. The second kappa shape index (κ2) is 6.36. The Morgan fingerprint density at radius 3 is 2.17 bits per heavy atom. The molecule has 2 aliphatic rings. The maximum atomic E-state index is 4.61. The molecule has 2 heterocycles. The summed E-state index contributed by atoms with van der Waals surface area (Å²) >= 11 is 0. The van der Waals surface area contributed by atoms with Crippen LogP contribution in [0.25, 0.3) is 0 Å². The molecule has 0 N–H and O–H groups in total. The number of piperidine rings is 1. The Balaban J connectivity index is 1.87. The van der Waals surface area contributed by atoms with E-state index in [2.05, 4.69) is 81.8 Å². The number of para-hydroxylation sites is 1. The third-order valence-electron chi connectivity index (χ3n) is 5.26. The van der Waals surface area contributed by atoms with Crippen molar-refractivity contribution >= 4 is 5.69 Å². The molecule has 0 saturated carbocycles. The number of hydrogen-bond acceptors (Lipinski definition) is 4. The monoisotopic (exact) mass is 320 g/mol. The molecule has 4 heteroatoms. The van der Waals surface area contributed by atoms with Gasteiger partial charge < -0.3 is 0 Å². The molecule has 0 aromatic heterocycles. The fourth-order valence-corrected chi connectivity index (χ4v) is 4.13. The second-order valence-corrected chi connectivity index (χ2v) is 6.67. The molecule has 24 heavy (non-hydrogen) atoms. The Bertz CT molecular complexity index is 694. The van der Waals surface area contributed by atoms with Gasteiger partial charge in [-0.05, 0) is 37.5 Å². The van der Waals surface area contributed by atoms with Gasteiger partial charge in [-0.1, -0.05) is 60.2 Å². The SMILES string of the molecule is CC1N=NN(c2ccccc2)C1(c1ccccc1)N1CCCCC1. The van der Waals surface area contributed by atoms with Crippen molar-refractivity contribution in [1.82, 2.24) is 4.90 Å². The highest BCUT2D eigenvalue weighted by molar-refractivity contribution is 5.52. The van der Waals surface area contributed by atoms with E-state index in [0.29, 0.717) is 0 Å². The zero-order valence-electron chi connectivity index (χ0n) is 14.2. The fourth-order valence-electron chi connectivity index (χ4n) is 4.13. The van der Waals surface area contributed by atoms with Crippen molar-refractivity contribution in [2.75, 3.05) is 18.1 Å². The molecule has 1 saturated heterocycles. The summed E-state index contributed by atoms with van der Waals surface area (Å²) in [6, 6.07) is 21.3. The van der Waals surface area contributed by atoms with Crippen LogP contribution in [0.4, 0.5) is 5.69 Å². The summed E-state index contributed by atoms with van der Waals surface area (Å²) in [5.41, 5.74) is 2.04. The maximum Gasteiger partial charge on any atom is 0.167 e. The molecular weight excluding hydrogens is 296 g/mol. The van der Waals surface area contributed by atoms with E-state index in [1.165, 1.54) is 24.8 Å². The molecule has 2 unspecified atom stereocenters. The molecule has 2 aromatic carbocycles. The molecular formula is C20H24N4. The van der Waals surface area contributed by atoms with E-state index in [1.807, 2.05) is 6.07 Å². The van der Waals surface area contributed by atoms with Gasteiger partial charge in [0.25, 0.3) is 0 Å². The third kappa shape index (κ3) is 2.33. The topological polar surface area (TPSA) is 31.2 Å². The lowest BCUT2D eigenvalue weighted by Crippen LogP contribution is -2.60. The first-order valence-electron chi connectivity index (χ1n) is 8.90. The Labute approximate surface area is 143 Å². The van der Waals surface area contributed by atoms with Crippen LogP contribution in [0, 0.1) is 0 Å². The predicted octanol–water partition coefficient (Wildman–Crippen LogP) is 4.60. The first-order chi connectivity index (χ1) is 11.8. The molecule has 0 bridgehead atoms. The van der Waals surface area contributed by atoms with Gasteiger partial charge in [0, 0.05) is 13.1 Å². The highest BCUT2D eigenvalue weighted by atomic mass is 15.7. The van der Waals surface area contributed by atoms with E-state index in [9.17, 15) is 0 Å². The van der Waals surface area contributed by atoms with Crippen molar-refractivity contribution in [2.24, 2.45) is 10.3 Å². The number of likely N-dealkylation sites (tertiary alicyclic amines) is 1. The molecule has 4 nitrogen and oxygen atoms in total. The summed E-state index contributed by atoms with van der Waals surface area (Å²) < 4.78 is 0. The summed E-state index contributed by atoms with van der Waals surface area (Å²) in [6.07, 6.45) is 3.79. The summed E-state index contributed by atoms with van der Waals surface area (Å²) in [5.74, 6) is 0. The number of rotatable bonds is 3. The fraction of sp³-hybridized carbons (Fsp3) is 0.400. The second-order valence-electron chi connectivity index (χ2n) is 6.67. The summed E-state index contributed by atoms with van der Waals surface area (Å²) in [7, 11) is 0. The van der Waals surface area contributed by atoms with Gasteiger partial charge in [0.05, 0.1) is 5.69 Å². The van der Waals surface area contributed by atoms with Crippen molar-refractivity contribution < 1.29 is 0 Å². The minimum atomic E-state index is -0.330. The third-order valence-corrected chi connectivity index (χ3v) is 5.26. The van der Waals surface area contributed by atoms with E-state index in [0.717, 1.165) is 18.8 Å². The first kappa shape index (κ1) is 15.3. The van der Waals surface area contributed by atoms with Gasteiger partial charge in [-0.2, -0.15) is 5.11 Å². The molecule has 4 rings (SSSR count). The van der Waals surface area contributed by atoms with Crippen LogP contribution in [-0.4, -0.2) is 24.0 Å². The predicted molar refractivity (Wildman–Crippen MR) is 96.8 cm³/mol. The van der Waals surface area contributed by atoms with Crippen molar-refractivity contribution in [3.63, 3.8) is 0 Å². The van der Waals surface area contributed by atoms with Gasteiger partial charge >= 0.3 is 0 Å². The minimum Gasteiger partial charge on any atom is -0.274 e. The first-order valence-corrected chi connectivity index (χ1v) is 8.90. The lowest BCUT2D eigenvalue weighted by molar-refractivity contribution is 0.0561. The van der Waals surface area contributed by atoms with Gasteiger partial charge in [0.2, 0.25) is 0 Å². The zero-order valence-corrected chi connectivity index (χ0v) is 14.2. The smallest absolute Gasteiger partial charge is 0.167 e. The lowest BCUT2D eigenvalue weighted by Gasteiger charge is -2.49. The summed E-state index contributed by atoms with van der Waals surface area (Å²) in [6.45, 7) is 4.37. The van der Waals surface area contributed by atoms with Crippen molar-refractivity contribution in [2.45, 2.75) is 37.9 Å². The largest absolute Gasteiger partial charge is 0.274 e. The highest BCUT2D eigenvalue weighted by Crippen LogP contribution is 2.45. The standard InChI is InChI=1S/C20H24N4/c1-17-20(18-11-5-2-6-12-18,23-15-9-4-10-16-23)24(22-21-17)19-13-7-3-8-14-19/h2-3,5-8,11-14,17H,4,9-10,15-16H2,1H3. The number of benzene rings is 2. The van der Waals surface area contributed by atoms with Crippen molar-refractivity contribution in [1.29, 1.82) is 0 Å². The molecule has 124 valence electrons. The number of anilines is 1. The Kier molecular flexibility index (Phi) is 4.07. The molecule has 0 amide bonds. The summed E-state index contributed by atoms with van der Waals surface area (Å²) in [4.78, 5) is 2.59. The minimum absolute atomic E-state index is 0.0817. The molecule has 2 aliphatic heterocycles.